The molecule has 1 aliphatic heterocycles. The van der Waals surface area contributed by atoms with E-state index in [4.69, 9.17) is 4.74 Å². The number of carbonyl (C=O) groups excluding carboxylic acids is 2. The Morgan fingerprint density at radius 2 is 1.79 bits per heavy atom. The minimum atomic E-state index is -3.89. The molecule has 0 aliphatic carbocycles. The van der Waals surface area contributed by atoms with Crippen molar-refractivity contribution in [1.82, 2.24) is 24.4 Å². The van der Waals surface area contributed by atoms with Crippen molar-refractivity contribution >= 4 is 21.9 Å². The Bertz CT molecular complexity index is 1250. The Morgan fingerprint density at radius 1 is 1.09 bits per heavy atom. The Labute approximate surface area is 197 Å². The second kappa shape index (κ2) is 10.1. The van der Waals surface area contributed by atoms with Gasteiger partial charge < -0.3 is 10.1 Å². The third kappa shape index (κ3) is 5.00. The molecule has 1 fully saturated rings. The van der Waals surface area contributed by atoms with E-state index in [9.17, 15) is 18.0 Å². The number of esters is 1. The molecule has 1 aliphatic rings. The maximum atomic E-state index is 13.1. The summed E-state index contributed by atoms with van der Waals surface area (Å²) in [6.07, 6.45) is 3.87. The summed E-state index contributed by atoms with van der Waals surface area (Å²) in [5.41, 5.74) is 1.81. The van der Waals surface area contributed by atoms with E-state index in [1.807, 2.05) is 24.3 Å². The van der Waals surface area contributed by atoms with Crippen LogP contribution in [0.15, 0.2) is 66.1 Å². The van der Waals surface area contributed by atoms with Gasteiger partial charge in [-0.2, -0.15) is 9.40 Å². The lowest BCUT2D eigenvalue weighted by atomic mass is 9.97. The molecule has 1 amide bonds. The average Bonchev–Trinajstić information content (AvgIpc) is 3.42. The molecular formula is C23H25N5O5S. The van der Waals surface area contributed by atoms with E-state index in [2.05, 4.69) is 15.4 Å². The van der Waals surface area contributed by atoms with Crippen LogP contribution in [-0.4, -0.2) is 59.6 Å². The van der Waals surface area contributed by atoms with Crippen LogP contribution in [0.4, 0.5) is 0 Å². The van der Waals surface area contributed by atoms with E-state index in [1.165, 1.54) is 29.9 Å². The number of nitrogens with one attached hydrogen (secondary N) is 1. The van der Waals surface area contributed by atoms with Gasteiger partial charge in [-0.25, -0.2) is 22.9 Å². The van der Waals surface area contributed by atoms with Gasteiger partial charge in [0.05, 0.1) is 23.3 Å². The van der Waals surface area contributed by atoms with Crippen LogP contribution in [0.3, 0.4) is 0 Å². The van der Waals surface area contributed by atoms with Crippen molar-refractivity contribution in [2.45, 2.75) is 24.3 Å². The summed E-state index contributed by atoms with van der Waals surface area (Å²) in [6, 6.07) is 13.6. The zero-order valence-electron chi connectivity index (χ0n) is 18.6. The molecule has 0 saturated carbocycles. The van der Waals surface area contributed by atoms with Gasteiger partial charge in [-0.3, -0.25) is 4.79 Å². The van der Waals surface area contributed by atoms with E-state index >= 15 is 0 Å². The molecule has 34 heavy (non-hydrogen) atoms. The molecule has 2 heterocycles. The number of aromatic nitrogens is 3. The highest BCUT2D eigenvalue weighted by Crippen LogP contribution is 2.26. The third-order valence-electron chi connectivity index (χ3n) is 5.82. The zero-order valence-corrected chi connectivity index (χ0v) is 19.4. The van der Waals surface area contributed by atoms with Crippen molar-refractivity contribution in [2.75, 3.05) is 20.2 Å². The number of sulfonamides is 1. The number of hydrogen-bond acceptors (Lipinski definition) is 7. The van der Waals surface area contributed by atoms with Gasteiger partial charge >= 0.3 is 5.97 Å². The Kier molecular flexibility index (Phi) is 7.03. The first-order valence-electron chi connectivity index (χ1n) is 10.8. The monoisotopic (exact) mass is 483 g/mol. The maximum absolute atomic E-state index is 13.1. The minimum absolute atomic E-state index is 0.000273. The number of amides is 1. The molecule has 0 unspecified atom stereocenters. The average molecular weight is 484 g/mol. The van der Waals surface area contributed by atoms with Crippen LogP contribution >= 0.6 is 0 Å². The second-order valence-corrected chi connectivity index (χ2v) is 9.80. The molecule has 178 valence electrons. The maximum Gasteiger partial charge on any atom is 0.339 e. The van der Waals surface area contributed by atoms with Gasteiger partial charge in [-0.15, -0.1) is 0 Å². The summed E-state index contributed by atoms with van der Waals surface area (Å²) in [7, 11) is -2.68. The summed E-state index contributed by atoms with van der Waals surface area (Å²) in [5.74, 6) is -1.09. The Hall–Kier alpha value is -3.57. The van der Waals surface area contributed by atoms with Crippen LogP contribution in [0, 0.1) is 5.92 Å². The smallest absolute Gasteiger partial charge is 0.339 e. The van der Waals surface area contributed by atoms with Crippen LogP contribution in [0.25, 0.3) is 5.69 Å². The van der Waals surface area contributed by atoms with Gasteiger partial charge in [0.1, 0.15) is 12.7 Å². The van der Waals surface area contributed by atoms with Crippen molar-refractivity contribution in [3.63, 3.8) is 0 Å². The predicted molar refractivity (Wildman–Crippen MR) is 122 cm³/mol. The molecule has 0 spiro atoms. The standard InChI is InChI=1S/C23H25N5O5S/c1-33-23(30)20-4-2-3-5-21(20)34(31,32)27-12-10-18(11-13-27)22(29)25-14-17-6-8-19(9-7-17)28-16-24-15-26-28/h2-9,15-16,18H,10-14H2,1H3,(H,25,29). The summed E-state index contributed by atoms with van der Waals surface area (Å²) in [4.78, 5) is 28.5. The number of rotatable bonds is 7. The minimum Gasteiger partial charge on any atom is -0.465 e. The van der Waals surface area contributed by atoms with E-state index in [1.54, 1.807) is 23.1 Å². The lowest BCUT2D eigenvalue weighted by molar-refractivity contribution is -0.126. The topological polar surface area (TPSA) is 123 Å². The molecule has 1 N–H and O–H groups in total. The van der Waals surface area contributed by atoms with Crippen molar-refractivity contribution in [1.29, 1.82) is 0 Å². The van der Waals surface area contributed by atoms with Gasteiger partial charge in [0.2, 0.25) is 15.9 Å². The molecule has 0 radical (unpaired) electrons. The highest BCUT2D eigenvalue weighted by atomic mass is 32.2. The number of hydrogen-bond donors (Lipinski definition) is 1. The Morgan fingerprint density at radius 3 is 2.44 bits per heavy atom. The van der Waals surface area contributed by atoms with Gasteiger partial charge in [0.25, 0.3) is 0 Å². The zero-order chi connectivity index (χ0) is 24.1. The molecular weight excluding hydrogens is 458 g/mol. The summed E-state index contributed by atoms with van der Waals surface area (Å²) >= 11 is 0. The first-order chi connectivity index (χ1) is 16.4. The van der Waals surface area contributed by atoms with Crippen molar-refractivity contribution in [3.8, 4) is 5.69 Å². The predicted octanol–water partition coefficient (Wildman–Crippen LogP) is 1.77. The molecule has 0 bridgehead atoms. The fourth-order valence-electron chi connectivity index (χ4n) is 3.91. The van der Waals surface area contributed by atoms with Gasteiger partial charge in [-0.05, 0) is 42.7 Å². The fourth-order valence-corrected chi connectivity index (χ4v) is 5.56. The third-order valence-corrected chi connectivity index (χ3v) is 7.78. The number of benzene rings is 2. The first-order valence-corrected chi connectivity index (χ1v) is 12.2. The number of nitrogens with zero attached hydrogens (tertiary/aromatic N) is 4. The number of carbonyl (C=O) groups is 2. The fraction of sp³-hybridized carbons (Fsp3) is 0.304. The SMILES string of the molecule is COC(=O)c1ccccc1S(=O)(=O)N1CCC(C(=O)NCc2ccc(-n3cncn3)cc2)CC1. The van der Waals surface area contributed by atoms with Crippen LogP contribution < -0.4 is 5.32 Å². The van der Waals surface area contributed by atoms with Crippen molar-refractivity contribution in [3.05, 3.63) is 72.3 Å². The number of methoxy groups -OCH3 is 1. The van der Waals surface area contributed by atoms with Gasteiger partial charge in [-0.1, -0.05) is 24.3 Å². The number of piperidine rings is 1. The van der Waals surface area contributed by atoms with Crippen LogP contribution in [0.5, 0.6) is 0 Å². The van der Waals surface area contributed by atoms with E-state index in [0.29, 0.717) is 19.4 Å². The normalized spacial score (nSPS) is 15.1. The summed E-state index contributed by atoms with van der Waals surface area (Å²) in [5, 5.41) is 7.01. The van der Waals surface area contributed by atoms with Crippen molar-refractivity contribution < 1.29 is 22.7 Å². The van der Waals surface area contributed by atoms with E-state index in [0.717, 1.165) is 11.3 Å². The largest absolute Gasteiger partial charge is 0.465 e. The summed E-state index contributed by atoms with van der Waals surface area (Å²) in [6.45, 7) is 0.770. The molecule has 10 nitrogen and oxygen atoms in total. The van der Waals surface area contributed by atoms with Crippen LogP contribution in [0.1, 0.15) is 28.8 Å². The van der Waals surface area contributed by atoms with E-state index < -0.39 is 16.0 Å². The highest BCUT2D eigenvalue weighted by Gasteiger charge is 2.34. The molecule has 1 aromatic heterocycles. The van der Waals surface area contributed by atoms with Gasteiger partial charge in [0, 0.05) is 25.6 Å². The lowest BCUT2D eigenvalue weighted by Gasteiger charge is -2.31. The molecule has 11 heteroatoms. The molecule has 2 aromatic carbocycles. The number of ether oxygens (including phenoxy) is 1. The Balaban J connectivity index is 1.33. The molecule has 4 rings (SSSR count). The second-order valence-electron chi connectivity index (χ2n) is 7.89. The molecule has 1 saturated heterocycles. The molecule has 0 atom stereocenters. The van der Waals surface area contributed by atoms with E-state index in [-0.39, 0.29) is 35.4 Å². The van der Waals surface area contributed by atoms with Gasteiger partial charge in [0.15, 0.2) is 0 Å². The quantitative estimate of drug-likeness (QED) is 0.508. The van der Waals surface area contributed by atoms with Crippen molar-refractivity contribution in [2.24, 2.45) is 5.92 Å². The highest BCUT2D eigenvalue weighted by molar-refractivity contribution is 7.89. The lowest BCUT2D eigenvalue weighted by Crippen LogP contribution is -2.43. The summed E-state index contributed by atoms with van der Waals surface area (Å²) < 4.78 is 34.0. The van der Waals surface area contributed by atoms with Crippen LogP contribution in [-0.2, 0) is 26.1 Å². The first kappa shape index (κ1) is 23.6. The molecule has 3 aromatic rings. The van der Waals surface area contributed by atoms with Crippen LogP contribution in [0.2, 0.25) is 0 Å².